The summed E-state index contributed by atoms with van der Waals surface area (Å²) in [6.45, 7) is 0. The molecule has 0 spiro atoms. The number of amides is 1. The van der Waals surface area contributed by atoms with Crippen LogP contribution in [0, 0.1) is 0 Å². The van der Waals surface area contributed by atoms with Gasteiger partial charge in [0.25, 0.3) is 0 Å². The van der Waals surface area contributed by atoms with Gasteiger partial charge >= 0.3 is 0 Å². The third kappa shape index (κ3) is 3.07. The number of para-hydroxylation sites is 1. The normalized spacial score (nSPS) is 12.2. The van der Waals surface area contributed by atoms with Crippen molar-refractivity contribution in [2.75, 3.05) is 11.6 Å². The summed E-state index contributed by atoms with van der Waals surface area (Å²) in [5.41, 5.74) is 2.32. The zero-order valence-corrected chi connectivity index (χ0v) is 12.8. The summed E-state index contributed by atoms with van der Waals surface area (Å²) in [4.78, 5) is 12.9. The number of benzene rings is 2. The molecule has 3 rings (SSSR count). The first-order valence-corrected chi connectivity index (χ1v) is 8.34. The second kappa shape index (κ2) is 6.11. The molecule has 1 amide bonds. The van der Waals surface area contributed by atoms with Gasteiger partial charge in [0.05, 0.1) is 17.6 Å². The van der Waals surface area contributed by atoms with E-state index in [0.29, 0.717) is 5.69 Å². The molecule has 0 aliphatic carbocycles. The quantitative estimate of drug-likeness (QED) is 0.777. The highest BCUT2D eigenvalue weighted by Gasteiger charge is 2.10. The van der Waals surface area contributed by atoms with E-state index >= 15 is 0 Å². The zero-order chi connectivity index (χ0) is 15.5. The second-order valence-corrected chi connectivity index (χ2v) is 6.30. The van der Waals surface area contributed by atoms with E-state index in [2.05, 4.69) is 15.5 Å². The molecule has 0 unspecified atom stereocenters. The minimum absolute atomic E-state index is 0.125. The van der Waals surface area contributed by atoms with E-state index in [9.17, 15) is 9.00 Å². The van der Waals surface area contributed by atoms with Crippen LogP contribution in [0.2, 0.25) is 0 Å². The molecule has 0 radical (unpaired) electrons. The van der Waals surface area contributed by atoms with Gasteiger partial charge in [-0.3, -0.25) is 14.1 Å². The number of nitrogens with one attached hydrogen (secondary N) is 2. The number of H-pyrrole nitrogens is 1. The number of hydrogen-bond acceptors (Lipinski definition) is 3. The zero-order valence-electron chi connectivity index (χ0n) is 12.0. The molecule has 5 nitrogen and oxygen atoms in total. The molecule has 6 heteroatoms. The molecule has 112 valence electrons. The molecule has 1 aromatic heterocycles. The Morgan fingerprint density at radius 3 is 2.64 bits per heavy atom. The first kappa shape index (κ1) is 14.5. The van der Waals surface area contributed by atoms with Gasteiger partial charge in [0.15, 0.2) is 0 Å². The van der Waals surface area contributed by atoms with Crippen LogP contribution in [-0.4, -0.2) is 26.6 Å². The summed E-state index contributed by atoms with van der Waals surface area (Å²) in [7, 11) is -1.02. The number of nitrogens with zero attached hydrogens (tertiary/aromatic N) is 1. The van der Waals surface area contributed by atoms with E-state index in [1.807, 2.05) is 24.3 Å². The van der Waals surface area contributed by atoms with Gasteiger partial charge in [-0.05, 0) is 30.3 Å². The minimum Gasteiger partial charge on any atom is -0.326 e. The summed E-state index contributed by atoms with van der Waals surface area (Å²) in [5.74, 6) is -0.125. The summed E-state index contributed by atoms with van der Waals surface area (Å²) >= 11 is 0. The Kier molecular flexibility index (Phi) is 4.02. The van der Waals surface area contributed by atoms with Gasteiger partial charge in [0, 0.05) is 33.0 Å². The summed E-state index contributed by atoms with van der Waals surface area (Å²) in [6, 6.07) is 14.7. The average molecular weight is 313 g/mol. The molecule has 2 aromatic carbocycles. The molecule has 2 N–H and O–H groups in total. The van der Waals surface area contributed by atoms with Gasteiger partial charge < -0.3 is 5.32 Å². The Hall–Kier alpha value is -2.47. The molecule has 0 aliphatic rings. The number of rotatable bonds is 4. The van der Waals surface area contributed by atoms with Crippen LogP contribution in [0.15, 0.2) is 53.4 Å². The van der Waals surface area contributed by atoms with Gasteiger partial charge in [0.2, 0.25) is 5.91 Å². The van der Waals surface area contributed by atoms with Gasteiger partial charge in [-0.15, -0.1) is 0 Å². The van der Waals surface area contributed by atoms with Crippen molar-refractivity contribution < 1.29 is 9.00 Å². The Balaban J connectivity index is 1.71. The predicted octanol–water partition coefficient (Wildman–Crippen LogP) is 2.48. The lowest BCUT2D eigenvalue weighted by molar-refractivity contribution is -0.115. The average Bonchev–Trinajstić information content (AvgIpc) is 2.91. The van der Waals surface area contributed by atoms with E-state index in [0.717, 1.165) is 21.5 Å². The molecule has 3 aromatic rings. The second-order valence-electron chi connectivity index (χ2n) is 4.92. The lowest BCUT2D eigenvalue weighted by atomic mass is 10.1. The number of hydrogen-bond donors (Lipinski definition) is 2. The van der Waals surface area contributed by atoms with Crippen molar-refractivity contribution in [1.82, 2.24) is 10.2 Å². The van der Waals surface area contributed by atoms with Crippen LogP contribution >= 0.6 is 0 Å². The lowest BCUT2D eigenvalue weighted by Crippen LogP contribution is -2.14. The lowest BCUT2D eigenvalue weighted by Gasteiger charge is -2.05. The van der Waals surface area contributed by atoms with Gasteiger partial charge in [-0.2, -0.15) is 5.10 Å². The molecule has 0 bridgehead atoms. The predicted molar refractivity (Wildman–Crippen MR) is 87.2 cm³/mol. The summed E-state index contributed by atoms with van der Waals surface area (Å²) in [6.07, 6.45) is 1.85. The topological polar surface area (TPSA) is 74.8 Å². The van der Waals surface area contributed by atoms with Crippen molar-refractivity contribution >= 4 is 33.3 Å². The standard InChI is InChI=1S/C16H15N3O2S/c1-22(21)12-8-6-11(7-9-12)17-16(20)10-15-13-4-2-3-5-14(13)18-19-15/h2-9H,10H2,1H3,(H,17,20)(H,18,19)/t22-/m1/s1. The van der Waals surface area contributed by atoms with Crippen LogP contribution in [0.1, 0.15) is 5.69 Å². The maximum absolute atomic E-state index is 12.1. The van der Waals surface area contributed by atoms with Crippen LogP contribution < -0.4 is 5.32 Å². The van der Waals surface area contributed by atoms with E-state index in [4.69, 9.17) is 0 Å². The van der Waals surface area contributed by atoms with Crippen LogP contribution in [-0.2, 0) is 22.0 Å². The van der Waals surface area contributed by atoms with E-state index in [1.54, 1.807) is 30.5 Å². The van der Waals surface area contributed by atoms with Crippen molar-refractivity contribution in [1.29, 1.82) is 0 Å². The Labute approximate surface area is 130 Å². The molecule has 0 aliphatic heterocycles. The highest BCUT2D eigenvalue weighted by molar-refractivity contribution is 7.84. The summed E-state index contributed by atoms with van der Waals surface area (Å²) in [5, 5.41) is 10.9. The highest BCUT2D eigenvalue weighted by atomic mass is 32.2. The Bertz CT molecular complexity index is 840. The maximum atomic E-state index is 12.1. The molecule has 1 atom stereocenters. The molecular weight excluding hydrogens is 298 g/mol. The minimum atomic E-state index is -1.02. The first-order valence-electron chi connectivity index (χ1n) is 6.79. The fraction of sp³-hybridized carbons (Fsp3) is 0.125. The van der Waals surface area contributed by atoms with E-state index in [-0.39, 0.29) is 12.3 Å². The summed E-state index contributed by atoms with van der Waals surface area (Å²) < 4.78 is 11.3. The van der Waals surface area contributed by atoms with Crippen molar-refractivity contribution in [3.8, 4) is 0 Å². The van der Waals surface area contributed by atoms with Crippen LogP contribution in [0.25, 0.3) is 10.9 Å². The third-order valence-corrected chi connectivity index (χ3v) is 4.28. The van der Waals surface area contributed by atoms with Crippen molar-refractivity contribution in [2.24, 2.45) is 0 Å². The van der Waals surface area contributed by atoms with Crippen molar-refractivity contribution in [3.63, 3.8) is 0 Å². The van der Waals surface area contributed by atoms with Gasteiger partial charge in [-0.25, -0.2) is 0 Å². The van der Waals surface area contributed by atoms with E-state index in [1.165, 1.54) is 0 Å². The van der Waals surface area contributed by atoms with Gasteiger partial charge in [-0.1, -0.05) is 18.2 Å². The Morgan fingerprint density at radius 1 is 1.18 bits per heavy atom. The van der Waals surface area contributed by atoms with Crippen molar-refractivity contribution in [2.45, 2.75) is 11.3 Å². The number of aromatic amines is 1. The molecule has 22 heavy (non-hydrogen) atoms. The van der Waals surface area contributed by atoms with Gasteiger partial charge in [0.1, 0.15) is 0 Å². The Morgan fingerprint density at radius 2 is 1.91 bits per heavy atom. The van der Waals surface area contributed by atoms with Crippen LogP contribution in [0.5, 0.6) is 0 Å². The molecule has 0 fully saturated rings. The smallest absolute Gasteiger partial charge is 0.230 e. The monoisotopic (exact) mass is 313 g/mol. The number of fused-ring (bicyclic) bond motifs is 1. The highest BCUT2D eigenvalue weighted by Crippen LogP contribution is 2.17. The third-order valence-electron chi connectivity index (χ3n) is 3.35. The largest absolute Gasteiger partial charge is 0.326 e. The number of aromatic nitrogens is 2. The fourth-order valence-electron chi connectivity index (χ4n) is 2.24. The van der Waals surface area contributed by atoms with Crippen LogP contribution in [0.3, 0.4) is 0 Å². The fourth-order valence-corrected chi connectivity index (χ4v) is 2.76. The maximum Gasteiger partial charge on any atom is 0.230 e. The molecular formula is C16H15N3O2S. The number of anilines is 1. The number of carbonyl (C=O) groups excluding carboxylic acids is 1. The molecule has 1 heterocycles. The molecule has 0 saturated heterocycles. The molecule has 0 saturated carbocycles. The van der Waals surface area contributed by atoms with E-state index < -0.39 is 10.8 Å². The number of carbonyl (C=O) groups is 1. The first-order chi connectivity index (χ1) is 10.6. The SMILES string of the molecule is C[S@@](=O)c1ccc(NC(=O)Cc2[nH]nc3ccccc23)cc1. The van der Waals surface area contributed by atoms with Crippen molar-refractivity contribution in [3.05, 3.63) is 54.2 Å². The van der Waals surface area contributed by atoms with Crippen LogP contribution in [0.4, 0.5) is 5.69 Å².